The van der Waals surface area contributed by atoms with E-state index in [2.05, 4.69) is 16.8 Å². The number of hydrogen-bond donors (Lipinski definition) is 2. The van der Waals surface area contributed by atoms with Crippen molar-refractivity contribution in [3.05, 3.63) is 12.2 Å². The van der Waals surface area contributed by atoms with Crippen LogP contribution in [0.3, 0.4) is 0 Å². The number of fused-ring (bicyclic) bond motifs is 1. The van der Waals surface area contributed by atoms with E-state index in [4.69, 9.17) is 0 Å². The lowest BCUT2D eigenvalue weighted by molar-refractivity contribution is -0.0937. The summed E-state index contributed by atoms with van der Waals surface area (Å²) in [6, 6.07) is 0.765. The fraction of sp³-hybridized carbons (Fsp3) is 0.875. The molecular formula is C16H28N2O. The van der Waals surface area contributed by atoms with Crippen molar-refractivity contribution in [3.8, 4) is 0 Å². The van der Waals surface area contributed by atoms with E-state index in [1.165, 1.54) is 37.7 Å². The van der Waals surface area contributed by atoms with Crippen molar-refractivity contribution in [1.29, 1.82) is 0 Å². The molecule has 108 valence electrons. The van der Waals surface area contributed by atoms with Crippen LogP contribution in [-0.2, 0) is 0 Å². The lowest BCUT2D eigenvalue weighted by atomic mass is 9.71. The number of nitrogens with one attached hydrogen (secondary N) is 1. The molecule has 1 heterocycles. The van der Waals surface area contributed by atoms with Crippen LogP contribution < -0.4 is 5.32 Å². The first-order valence-corrected chi connectivity index (χ1v) is 8.00. The molecule has 2 N–H and O–H groups in total. The summed E-state index contributed by atoms with van der Waals surface area (Å²) in [5.41, 5.74) is 0.954. The van der Waals surface area contributed by atoms with E-state index in [1.807, 2.05) is 0 Å². The standard InChI is InChI=1S/C16H28N2O/c1-13(10-17-15-5-6-15)11-18-9-8-16(19)7-3-2-4-14(16)12-18/h14-15,17,19H,1-12H2. The van der Waals surface area contributed by atoms with Crippen molar-refractivity contribution in [2.45, 2.75) is 56.6 Å². The van der Waals surface area contributed by atoms with Crippen LogP contribution in [-0.4, -0.2) is 47.8 Å². The minimum absolute atomic E-state index is 0.345. The van der Waals surface area contributed by atoms with Crippen LogP contribution >= 0.6 is 0 Å². The molecule has 3 fully saturated rings. The highest BCUT2D eigenvalue weighted by atomic mass is 16.3. The topological polar surface area (TPSA) is 35.5 Å². The predicted octanol–water partition coefficient (Wildman–Crippen LogP) is 1.92. The van der Waals surface area contributed by atoms with Crippen LogP contribution in [0.4, 0.5) is 0 Å². The van der Waals surface area contributed by atoms with E-state index in [1.54, 1.807) is 0 Å². The van der Waals surface area contributed by atoms with Gasteiger partial charge in [-0.05, 0) is 37.7 Å². The molecule has 0 aromatic rings. The van der Waals surface area contributed by atoms with Crippen molar-refractivity contribution in [2.75, 3.05) is 26.2 Å². The van der Waals surface area contributed by atoms with Gasteiger partial charge in [0, 0.05) is 38.1 Å². The molecule has 3 aliphatic rings. The Balaban J connectivity index is 1.45. The Kier molecular flexibility index (Phi) is 3.97. The fourth-order valence-electron chi connectivity index (χ4n) is 3.73. The smallest absolute Gasteiger partial charge is 0.0700 e. The van der Waals surface area contributed by atoms with Crippen LogP contribution in [0.15, 0.2) is 12.2 Å². The molecule has 3 nitrogen and oxygen atoms in total. The van der Waals surface area contributed by atoms with Crippen LogP contribution in [0, 0.1) is 5.92 Å². The van der Waals surface area contributed by atoms with E-state index >= 15 is 0 Å². The summed E-state index contributed by atoms with van der Waals surface area (Å²) in [4.78, 5) is 2.50. The molecule has 0 bridgehead atoms. The number of piperidine rings is 1. The first-order valence-electron chi connectivity index (χ1n) is 8.00. The van der Waals surface area contributed by atoms with Crippen LogP contribution in [0.5, 0.6) is 0 Å². The van der Waals surface area contributed by atoms with Gasteiger partial charge in [0.1, 0.15) is 0 Å². The molecule has 2 atom stereocenters. The van der Waals surface area contributed by atoms with E-state index in [-0.39, 0.29) is 5.60 Å². The second kappa shape index (κ2) is 5.55. The molecule has 19 heavy (non-hydrogen) atoms. The summed E-state index contributed by atoms with van der Waals surface area (Å²) >= 11 is 0. The third-order valence-corrected chi connectivity index (χ3v) is 5.18. The van der Waals surface area contributed by atoms with Crippen molar-refractivity contribution >= 4 is 0 Å². The monoisotopic (exact) mass is 264 g/mol. The SMILES string of the molecule is C=C(CNC1CC1)CN1CCC2(O)CCCCC2C1. The molecule has 0 radical (unpaired) electrons. The van der Waals surface area contributed by atoms with E-state index in [0.29, 0.717) is 5.92 Å². The van der Waals surface area contributed by atoms with Gasteiger partial charge in [-0.1, -0.05) is 19.4 Å². The second-order valence-corrected chi connectivity index (χ2v) is 6.94. The van der Waals surface area contributed by atoms with Crippen LogP contribution in [0.25, 0.3) is 0 Å². The van der Waals surface area contributed by atoms with Crippen molar-refractivity contribution in [1.82, 2.24) is 10.2 Å². The fourth-order valence-corrected chi connectivity index (χ4v) is 3.73. The number of nitrogens with zero attached hydrogens (tertiary/aromatic N) is 1. The Morgan fingerprint density at radius 2 is 2.11 bits per heavy atom. The Morgan fingerprint density at radius 1 is 1.26 bits per heavy atom. The molecule has 0 spiro atoms. The lowest BCUT2D eigenvalue weighted by Crippen LogP contribution is -2.53. The highest BCUT2D eigenvalue weighted by molar-refractivity contribution is 5.04. The Bertz CT molecular complexity index is 340. The van der Waals surface area contributed by atoms with Crippen LogP contribution in [0.1, 0.15) is 44.9 Å². The molecule has 1 aliphatic heterocycles. The predicted molar refractivity (Wildman–Crippen MR) is 78.1 cm³/mol. The molecule has 1 saturated heterocycles. The third-order valence-electron chi connectivity index (χ3n) is 5.18. The van der Waals surface area contributed by atoms with E-state index < -0.39 is 0 Å². The largest absolute Gasteiger partial charge is 0.390 e. The number of likely N-dealkylation sites (tertiary alicyclic amines) is 1. The van der Waals surface area contributed by atoms with Gasteiger partial charge in [-0.2, -0.15) is 0 Å². The summed E-state index contributed by atoms with van der Waals surface area (Å²) in [5, 5.41) is 14.2. The van der Waals surface area contributed by atoms with Gasteiger partial charge in [0.05, 0.1) is 5.60 Å². The molecule has 2 saturated carbocycles. The molecule has 3 rings (SSSR count). The first kappa shape index (κ1) is 13.6. The summed E-state index contributed by atoms with van der Waals surface area (Å²) in [6.45, 7) is 8.28. The third kappa shape index (κ3) is 3.39. The van der Waals surface area contributed by atoms with Gasteiger partial charge in [-0.25, -0.2) is 0 Å². The lowest BCUT2D eigenvalue weighted by Gasteiger charge is -2.47. The summed E-state index contributed by atoms with van der Waals surface area (Å²) in [5.74, 6) is 0.499. The minimum atomic E-state index is -0.345. The Hall–Kier alpha value is -0.380. The Labute approximate surface area is 117 Å². The summed E-state index contributed by atoms with van der Waals surface area (Å²) in [7, 11) is 0. The molecule has 2 aliphatic carbocycles. The highest BCUT2D eigenvalue weighted by Crippen LogP contribution is 2.39. The van der Waals surface area contributed by atoms with Crippen LogP contribution in [0.2, 0.25) is 0 Å². The average molecular weight is 264 g/mol. The van der Waals surface area contributed by atoms with Gasteiger partial charge >= 0.3 is 0 Å². The molecule has 0 aromatic carbocycles. The maximum atomic E-state index is 10.7. The second-order valence-electron chi connectivity index (χ2n) is 6.94. The summed E-state index contributed by atoms with van der Waals surface area (Å²) in [6.07, 6.45) is 8.38. The summed E-state index contributed by atoms with van der Waals surface area (Å²) < 4.78 is 0. The van der Waals surface area contributed by atoms with Gasteiger partial charge in [-0.3, -0.25) is 4.90 Å². The number of hydrogen-bond acceptors (Lipinski definition) is 3. The highest BCUT2D eigenvalue weighted by Gasteiger charge is 2.42. The van der Waals surface area contributed by atoms with Crippen molar-refractivity contribution < 1.29 is 5.11 Å². The van der Waals surface area contributed by atoms with Gasteiger partial charge in [0.15, 0.2) is 0 Å². The van der Waals surface area contributed by atoms with Gasteiger partial charge in [-0.15, -0.1) is 0 Å². The minimum Gasteiger partial charge on any atom is -0.390 e. The molecule has 0 aromatic heterocycles. The zero-order valence-electron chi connectivity index (χ0n) is 12.0. The maximum Gasteiger partial charge on any atom is 0.0700 e. The van der Waals surface area contributed by atoms with Gasteiger partial charge in [0.25, 0.3) is 0 Å². The number of aliphatic hydroxyl groups is 1. The molecular weight excluding hydrogens is 236 g/mol. The quantitative estimate of drug-likeness (QED) is 0.745. The zero-order chi connectivity index (χ0) is 13.3. The normalized spacial score (nSPS) is 35.9. The number of rotatable bonds is 5. The molecule has 2 unspecified atom stereocenters. The molecule has 3 heteroatoms. The van der Waals surface area contributed by atoms with Crippen molar-refractivity contribution in [2.24, 2.45) is 5.92 Å². The zero-order valence-corrected chi connectivity index (χ0v) is 12.0. The Morgan fingerprint density at radius 3 is 2.89 bits per heavy atom. The van der Waals surface area contributed by atoms with Crippen molar-refractivity contribution in [3.63, 3.8) is 0 Å². The molecule has 0 amide bonds. The average Bonchev–Trinajstić information content (AvgIpc) is 3.21. The first-order chi connectivity index (χ1) is 9.16. The van der Waals surface area contributed by atoms with E-state index in [9.17, 15) is 5.11 Å². The van der Waals surface area contributed by atoms with Gasteiger partial charge in [0.2, 0.25) is 0 Å². The van der Waals surface area contributed by atoms with E-state index in [0.717, 1.165) is 45.1 Å². The maximum absolute atomic E-state index is 10.7. The van der Waals surface area contributed by atoms with Gasteiger partial charge < -0.3 is 10.4 Å².